The minimum atomic E-state index is -0.236. The van der Waals surface area contributed by atoms with Crippen molar-refractivity contribution in [1.29, 1.82) is 0 Å². The molecule has 0 aliphatic carbocycles. The van der Waals surface area contributed by atoms with Crippen LogP contribution in [0.15, 0.2) is 65.8 Å². The highest BCUT2D eigenvalue weighted by atomic mass is 35.5. The standard InChI is InChI=1S/C19H21Cl2NO3.C19H20Cl2O3/c1-5-9-25-22-19(18-14(20)7-6-8-15(18)21)13-11-17(24-4)16(23-3)10-12(13)2;1-11(2)10-24-17-9-13(12(3)8-16(17)23-4)19(22)18-14(20)6-5-7-15(18)21/h6-8,10-11H,5,9H2,1-4H3;5-9,11H,10H2,1-4H3. The molecule has 7 nitrogen and oxygen atoms in total. The van der Waals surface area contributed by atoms with Gasteiger partial charge in [0, 0.05) is 16.7 Å². The quantitative estimate of drug-likeness (QED) is 0.0586. The summed E-state index contributed by atoms with van der Waals surface area (Å²) in [5.41, 5.74) is 4.48. The number of rotatable bonds is 13. The molecule has 4 aromatic rings. The number of methoxy groups -OCH3 is 3. The number of ether oxygens (including phenoxy) is 4. The number of aryl methyl sites for hydroxylation is 2. The summed E-state index contributed by atoms with van der Waals surface area (Å²) in [6, 6.07) is 17.6. The molecule has 0 aliphatic heterocycles. The molecule has 262 valence electrons. The molecule has 0 saturated heterocycles. The van der Waals surface area contributed by atoms with Crippen molar-refractivity contribution in [3.05, 3.63) is 114 Å². The lowest BCUT2D eigenvalue weighted by molar-refractivity contribution is 0.103. The fourth-order valence-corrected chi connectivity index (χ4v) is 5.82. The first-order valence-corrected chi connectivity index (χ1v) is 17.1. The van der Waals surface area contributed by atoms with Crippen LogP contribution in [0.3, 0.4) is 0 Å². The van der Waals surface area contributed by atoms with Crippen molar-refractivity contribution in [2.45, 2.75) is 41.0 Å². The van der Waals surface area contributed by atoms with Gasteiger partial charge in [-0.2, -0.15) is 0 Å². The Labute approximate surface area is 309 Å². The van der Waals surface area contributed by atoms with E-state index in [1.165, 1.54) is 0 Å². The van der Waals surface area contributed by atoms with Gasteiger partial charge in [0.15, 0.2) is 28.8 Å². The first-order valence-electron chi connectivity index (χ1n) is 15.6. The second-order valence-electron chi connectivity index (χ2n) is 11.3. The predicted octanol–water partition coefficient (Wildman–Crippen LogP) is 11.1. The van der Waals surface area contributed by atoms with Crippen LogP contribution in [0.2, 0.25) is 20.1 Å². The minimum Gasteiger partial charge on any atom is -0.493 e. The molecule has 0 saturated carbocycles. The maximum atomic E-state index is 12.9. The molecule has 4 rings (SSSR count). The smallest absolute Gasteiger partial charge is 0.196 e. The predicted molar refractivity (Wildman–Crippen MR) is 201 cm³/mol. The lowest BCUT2D eigenvalue weighted by Gasteiger charge is -2.16. The molecule has 4 aromatic carbocycles. The van der Waals surface area contributed by atoms with Gasteiger partial charge in [-0.3, -0.25) is 4.79 Å². The molecule has 0 bridgehead atoms. The Morgan fingerprint density at radius 1 is 0.694 bits per heavy atom. The number of halogens is 4. The van der Waals surface area contributed by atoms with E-state index in [-0.39, 0.29) is 5.78 Å². The van der Waals surface area contributed by atoms with E-state index in [2.05, 4.69) is 19.0 Å². The molecule has 0 aliphatic rings. The summed E-state index contributed by atoms with van der Waals surface area (Å²) in [4.78, 5) is 18.4. The summed E-state index contributed by atoms with van der Waals surface area (Å²) in [5.74, 6) is 2.48. The Balaban J connectivity index is 0.000000266. The average Bonchev–Trinajstić information content (AvgIpc) is 3.06. The van der Waals surface area contributed by atoms with Crippen molar-refractivity contribution in [1.82, 2.24) is 0 Å². The molecular weight excluding hydrogens is 708 g/mol. The van der Waals surface area contributed by atoms with E-state index in [1.54, 1.807) is 69.9 Å². The number of ketones is 1. The summed E-state index contributed by atoms with van der Waals surface area (Å²) in [5, 5.41) is 5.97. The van der Waals surface area contributed by atoms with Crippen LogP contribution in [-0.2, 0) is 4.84 Å². The molecule has 0 unspecified atom stereocenters. The summed E-state index contributed by atoms with van der Waals surface area (Å²) >= 11 is 25.1. The Morgan fingerprint density at radius 3 is 1.63 bits per heavy atom. The number of hydrogen-bond acceptors (Lipinski definition) is 7. The van der Waals surface area contributed by atoms with Crippen molar-refractivity contribution in [3.63, 3.8) is 0 Å². The zero-order valence-corrected chi connectivity index (χ0v) is 31.9. The van der Waals surface area contributed by atoms with E-state index in [1.807, 2.05) is 32.9 Å². The third kappa shape index (κ3) is 10.2. The number of hydrogen-bond donors (Lipinski definition) is 0. The monoisotopic (exact) mass is 747 g/mol. The van der Waals surface area contributed by atoms with Crippen molar-refractivity contribution in [2.75, 3.05) is 34.5 Å². The largest absolute Gasteiger partial charge is 0.493 e. The highest BCUT2D eigenvalue weighted by Gasteiger charge is 2.22. The lowest BCUT2D eigenvalue weighted by atomic mass is 9.97. The van der Waals surface area contributed by atoms with Gasteiger partial charge in [0.25, 0.3) is 0 Å². The normalized spacial score (nSPS) is 11.1. The van der Waals surface area contributed by atoms with Crippen LogP contribution in [0.4, 0.5) is 0 Å². The highest BCUT2D eigenvalue weighted by Crippen LogP contribution is 2.36. The van der Waals surface area contributed by atoms with E-state index in [0.29, 0.717) is 84.6 Å². The first-order chi connectivity index (χ1) is 23.4. The van der Waals surface area contributed by atoms with Crippen LogP contribution in [0.1, 0.15) is 65.4 Å². The van der Waals surface area contributed by atoms with Crippen LogP contribution < -0.4 is 18.9 Å². The van der Waals surface area contributed by atoms with Crippen molar-refractivity contribution in [2.24, 2.45) is 11.1 Å². The molecule has 0 radical (unpaired) electrons. The van der Waals surface area contributed by atoms with E-state index >= 15 is 0 Å². The van der Waals surface area contributed by atoms with Crippen molar-refractivity contribution >= 4 is 57.9 Å². The van der Waals surface area contributed by atoms with Gasteiger partial charge in [0.1, 0.15) is 12.3 Å². The van der Waals surface area contributed by atoms with Crippen molar-refractivity contribution in [3.8, 4) is 23.0 Å². The van der Waals surface area contributed by atoms with Gasteiger partial charge in [0.05, 0.1) is 53.6 Å². The summed E-state index contributed by atoms with van der Waals surface area (Å²) in [6.07, 6.45) is 0.845. The second-order valence-corrected chi connectivity index (χ2v) is 13.0. The molecule has 0 atom stereocenters. The number of benzene rings is 4. The topological polar surface area (TPSA) is 75.6 Å². The number of oxime groups is 1. The number of carbonyl (C=O) groups excluding carboxylic acids is 1. The van der Waals surface area contributed by atoms with Gasteiger partial charge >= 0.3 is 0 Å². The van der Waals surface area contributed by atoms with Crippen LogP contribution >= 0.6 is 46.4 Å². The summed E-state index contributed by atoms with van der Waals surface area (Å²) < 4.78 is 21.9. The van der Waals surface area contributed by atoms with Crippen LogP contribution in [0.5, 0.6) is 23.0 Å². The first kappa shape index (κ1) is 39.8. The molecule has 0 fully saturated rings. The number of nitrogens with zero attached hydrogens (tertiary/aromatic N) is 1. The molecule has 49 heavy (non-hydrogen) atoms. The molecule has 0 heterocycles. The third-order valence-corrected chi connectivity index (χ3v) is 8.41. The number of carbonyl (C=O) groups is 1. The zero-order chi connectivity index (χ0) is 36.2. The minimum absolute atomic E-state index is 0.236. The Hall–Kier alpha value is -3.62. The molecular formula is C38H41Cl4NO6. The van der Waals surface area contributed by atoms with E-state index in [0.717, 1.165) is 23.1 Å². The fourth-order valence-electron chi connectivity index (χ4n) is 4.68. The third-order valence-electron chi connectivity index (χ3n) is 7.15. The fraction of sp³-hybridized carbons (Fsp3) is 0.316. The van der Waals surface area contributed by atoms with Gasteiger partial charge in [-0.1, -0.05) is 84.5 Å². The van der Waals surface area contributed by atoms with Crippen molar-refractivity contribution < 1.29 is 28.6 Å². The van der Waals surface area contributed by atoms with Crippen LogP contribution in [0, 0.1) is 19.8 Å². The van der Waals surface area contributed by atoms with Gasteiger partial charge in [-0.25, -0.2) is 0 Å². The van der Waals surface area contributed by atoms with Gasteiger partial charge in [-0.15, -0.1) is 0 Å². The van der Waals surface area contributed by atoms with Gasteiger partial charge < -0.3 is 23.8 Å². The molecule has 0 spiro atoms. The van der Waals surface area contributed by atoms with Gasteiger partial charge in [-0.05, 0) is 85.8 Å². The van der Waals surface area contributed by atoms with E-state index < -0.39 is 0 Å². The summed E-state index contributed by atoms with van der Waals surface area (Å²) in [6.45, 7) is 10.9. The molecule has 0 amide bonds. The SMILES string of the molecule is CCCON=C(c1cc(OC)c(OC)cc1C)c1c(Cl)cccc1Cl.COc1cc(C)c(C(=O)c2c(Cl)cccc2Cl)cc1OCC(C)C. The Morgan fingerprint density at radius 2 is 1.14 bits per heavy atom. The lowest BCUT2D eigenvalue weighted by Crippen LogP contribution is -2.09. The zero-order valence-electron chi connectivity index (χ0n) is 28.9. The highest BCUT2D eigenvalue weighted by molar-refractivity contribution is 6.42. The maximum Gasteiger partial charge on any atom is 0.196 e. The van der Waals surface area contributed by atoms with E-state index in [4.69, 9.17) is 70.2 Å². The summed E-state index contributed by atoms with van der Waals surface area (Å²) in [7, 11) is 4.76. The molecule has 0 aromatic heterocycles. The Bertz CT molecular complexity index is 1750. The van der Waals surface area contributed by atoms with Crippen LogP contribution in [-0.4, -0.2) is 46.0 Å². The van der Waals surface area contributed by atoms with Crippen LogP contribution in [0.25, 0.3) is 0 Å². The maximum absolute atomic E-state index is 12.9. The Kier molecular flexibility index (Phi) is 15.4. The van der Waals surface area contributed by atoms with E-state index in [9.17, 15) is 4.79 Å². The molecule has 11 heteroatoms. The second kappa shape index (κ2) is 19.0. The van der Waals surface area contributed by atoms with Gasteiger partial charge in [0.2, 0.25) is 0 Å². The average molecular weight is 750 g/mol. The molecule has 0 N–H and O–H groups in total.